The molecule has 3 rings (SSSR count). The number of hydrogen-bond donors (Lipinski definition) is 1. The van der Waals surface area contributed by atoms with Gasteiger partial charge in [-0.25, -0.2) is 0 Å². The molecule has 2 heteroatoms. The van der Waals surface area contributed by atoms with Gasteiger partial charge >= 0.3 is 0 Å². The van der Waals surface area contributed by atoms with E-state index in [1.165, 1.54) is 15.3 Å². The molecule has 1 aromatic heterocycles. The molecule has 1 aliphatic carbocycles. The van der Waals surface area contributed by atoms with E-state index < -0.39 is 0 Å². The van der Waals surface area contributed by atoms with Crippen molar-refractivity contribution < 1.29 is 5.11 Å². The van der Waals surface area contributed by atoms with Gasteiger partial charge in [-0.1, -0.05) is 31.2 Å². The number of aliphatic hydroxyl groups excluding tert-OH is 1. The van der Waals surface area contributed by atoms with Crippen LogP contribution in [0, 0.1) is 5.92 Å². The zero-order valence-electron chi connectivity index (χ0n) is 11.3. The van der Waals surface area contributed by atoms with Crippen molar-refractivity contribution in [1.29, 1.82) is 0 Å². The zero-order chi connectivity index (χ0) is 13.2. The highest BCUT2D eigenvalue weighted by Crippen LogP contribution is 2.37. The van der Waals surface area contributed by atoms with Gasteiger partial charge in [0, 0.05) is 9.75 Å². The van der Waals surface area contributed by atoms with Gasteiger partial charge in [0.2, 0.25) is 0 Å². The van der Waals surface area contributed by atoms with E-state index >= 15 is 0 Å². The molecule has 0 saturated heterocycles. The van der Waals surface area contributed by atoms with Crippen LogP contribution in [0.15, 0.2) is 36.4 Å². The van der Waals surface area contributed by atoms with Crippen LogP contribution in [0.25, 0.3) is 0 Å². The lowest BCUT2D eigenvalue weighted by Crippen LogP contribution is -2.22. The molecule has 1 N–H and O–H groups in total. The molecule has 0 spiro atoms. The lowest BCUT2D eigenvalue weighted by Gasteiger charge is -2.29. The van der Waals surface area contributed by atoms with E-state index in [-0.39, 0.29) is 6.10 Å². The predicted octanol–water partition coefficient (Wildman–Crippen LogP) is 4.15. The van der Waals surface area contributed by atoms with E-state index in [4.69, 9.17) is 0 Å². The Kier molecular flexibility index (Phi) is 3.72. The van der Waals surface area contributed by atoms with Crippen molar-refractivity contribution in [2.24, 2.45) is 5.92 Å². The van der Waals surface area contributed by atoms with Crippen LogP contribution in [0.5, 0.6) is 0 Å². The summed E-state index contributed by atoms with van der Waals surface area (Å²) in [5, 5.41) is 10.6. The Morgan fingerprint density at radius 2 is 1.95 bits per heavy atom. The average Bonchev–Trinajstić information content (AvgIpc) is 2.90. The highest BCUT2D eigenvalue weighted by molar-refractivity contribution is 7.11. The van der Waals surface area contributed by atoms with E-state index in [2.05, 4.69) is 37.3 Å². The third-order valence-corrected chi connectivity index (χ3v) is 5.39. The van der Waals surface area contributed by atoms with Crippen molar-refractivity contribution in [1.82, 2.24) is 0 Å². The summed E-state index contributed by atoms with van der Waals surface area (Å²) in [6, 6.07) is 12.8. The van der Waals surface area contributed by atoms with Crippen LogP contribution in [0.4, 0.5) is 0 Å². The second-order valence-corrected chi connectivity index (χ2v) is 6.62. The summed E-state index contributed by atoms with van der Waals surface area (Å²) >= 11 is 1.90. The van der Waals surface area contributed by atoms with Gasteiger partial charge in [0.25, 0.3) is 0 Å². The Bertz CT molecular complexity index is 558. The largest absolute Gasteiger partial charge is 0.388 e. The summed E-state index contributed by atoms with van der Waals surface area (Å²) in [4.78, 5) is 2.86. The van der Waals surface area contributed by atoms with Gasteiger partial charge in [0.1, 0.15) is 0 Å². The van der Waals surface area contributed by atoms with E-state index in [1.54, 1.807) is 0 Å². The molecule has 1 heterocycles. The number of thiophene rings is 1. The Balaban J connectivity index is 1.76. The van der Waals surface area contributed by atoms with Gasteiger partial charge in [-0.05, 0) is 54.9 Å². The molecule has 2 unspecified atom stereocenters. The molecule has 0 saturated carbocycles. The molecule has 100 valence electrons. The van der Waals surface area contributed by atoms with Gasteiger partial charge in [-0.15, -0.1) is 11.3 Å². The summed E-state index contributed by atoms with van der Waals surface area (Å²) < 4.78 is 0. The minimum atomic E-state index is -0.294. The molecule has 1 nitrogen and oxygen atoms in total. The van der Waals surface area contributed by atoms with Crippen molar-refractivity contribution in [3.63, 3.8) is 0 Å². The normalized spacial score (nSPS) is 22.2. The van der Waals surface area contributed by atoms with Crippen LogP contribution in [0.1, 0.15) is 40.3 Å². The monoisotopic (exact) mass is 272 g/mol. The molecule has 2 atom stereocenters. The third-order valence-electron chi connectivity index (χ3n) is 4.13. The average molecular weight is 272 g/mol. The first kappa shape index (κ1) is 12.9. The number of hydrogen-bond acceptors (Lipinski definition) is 2. The quantitative estimate of drug-likeness (QED) is 0.890. The lowest BCUT2D eigenvalue weighted by atomic mass is 9.80. The maximum absolute atomic E-state index is 10.6. The molecule has 19 heavy (non-hydrogen) atoms. The van der Waals surface area contributed by atoms with Crippen molar-refractivity contribution in [3.8, 4) is 0 Å². The maximum atomic E-state index is 10.6. The highest BCUT2D eigenvalue weighted by Gasteiger charge is 2.27. The van der Waals surface area contributed by atoms with Crippen LogP contribution in [-0.4, -0.2) is 5.11 Å². The summed E-state index contributed by atoms with van der Waals surface area (Å²) in [5.74, 6) is 0.373. The standard InChI is InChI=1S/C17H20OS/c1-2-14-9-10-15(19-14)11-13-8-7-12-5-3-4-6-16(12)17(13)18/h3-6,9-10,13,17-18H,2,7-8,11H2,1H3. The van der Waals surface area contributed by atoms with E-state index in [1.807, 2.05) is 17.4 Å². The van der Waals surface area contributed by atoms with Crippen LogP contribution < -0.4 is 0 Å². The minimum Gasteiger partial charge on any atom is -0.388 e. The first-order valence-corrected chi connectivity index (χ1v) is 7.93. The van der Waals surface area contributed by atoms with Crippen molar-refractivity contribution >= 4 is 11.3 Å². The molecular weight excluding hydrogens is 252 g/mol. The molecule has 2 aromatic rings. The molecular formula is C17H20OS. The maximum Gasteiger partial charge on any atom is 0.0824 e. The predicted molar refractivity (Wildman–Crippen MR) is 80.6 cm³/mol. The van der Waals surface area contributed by atoms with Crippen molar-refractivity contribution in [3.05, 3.63) is 57.3 Å². The fourth-order valence-electron chi connectivity index (χ4n) is 3.00. The number of fused-ring (bicyclic) bond motifs is 1. The fourth-order valence-corrected chi connectivity index (χ4v) is 4.05. The smallest absolute Gasteiger partial charge is 0.0824 e. The van der Waals surface area contributed by atoms with Gasteiger partial charge < -0.3 is 5.11 Å². The highest BCUT2D eigenvalue weighted by atomic mass is 32.1. The summed E-state index contributed by atoms with van der Waals surface area (Å²) in [6.45, 7) is 2.20. The van der Waals surface area contributed by atoms with Gasteiger partial charge in [-0.3, -0.25) is 0 Å². The Labute approximate surface area is 118 Å². The number of aryl methyl sites for hydroxylation is 2. The number of rotatable bonds is 3. The first-order chi connectivity index (χ1) is 9.28. The fraction of sp³-hybridized carbons (Fsp3) is 0.412. The van der Waals surface area contributed by atoms with Gasteiger partial charge in [0.05, 0.1) is 6.10 Å². The Morgan fingerprint density at radius 3 is 2.74 bits per heavy atom. The zero-order valence-corrected chi connectivity index (χ0v) is 12.1. The lowest BCUT2D eigenvalue weighted by molar-refractivity contribution is 0.0941. The second kappa shape index (κ2) is 5.48. The van der Waals surface area contributed by atoms with E-state index in [0.717, 1.165) is 31.2 Å². The van der Waals surface area contributed by atoms with Crippen molar-refractivity contribution in [2.45, 2.75) is 38.7 Å². The van der Waals surface area contributed by atoms with Gasteiger partial charge in [0.15, 0.2) is 0 Å². The molecule has 0 bridgehead atoms. The SMILES string of the molecule is CCc1ccc(CC2CCc3ccccc3C2O)s1. The first-order valence-electron chi connectivity index (χ1n) is 7.11. The summed E-state index contributed by atoms with van der Waals surface area (Å²) in [5.41, 5.74) is 2.47. The third kappa shape index (κ3) is 2.60. The second-order valence-electron chi connectivity index (χ2n) is 5.37. The number of aliphatic hydroxyl groups is 1. The molecule has 0 radical (unpaired) electrons. The molecule has 0 fully saturated rings. The molecule has 1 aromatic carbocycles. The molecule has 1 aliphatic rings. The van der Waals surface area contributed by atoms with Crippen LogP contribution >= 0.6 is 11.3 Å². The topological polar surface area (TPSA) is 20.2 Å². The Hall–Kier alpha value is -1.12. The van der Waals surface area contributed by atoms with Crippen LogP contribution in [0.2, 0.25) is 0 Å². The summed E-state index contributed by atoms with van der Waals surface area (Å²) in [7, 11) is 0. The molecule has 0 amide bonds. The minimum absolute atomic E-state index is 0.294. The van der Waals surface area contributed by atoms with Crippen molar-refractivity contribution in [2.75, 3.05) is 0 Å². The van der Waals surface area contributed by atoms with E-state index in [9.17, 15) is 5.11 Å². The molecule has 0 aliphatic heterocycles. The number of benzene rings is 1. The summed E-state index contributed by atoms with van der Waals surface area (Å²) in [6.07, 6.45) is 4.03. The Morgan fingerprint density at radius 1 is 1.16 bits per heavy atom. The van der Waals surface area contributed by atoms with Gasteiger partial charge in [-0.2, -0.15) is 0 Å². The van der Waals surface area contributed by atoms with E-state index in [0.29, 0.717) is 5.92 Å². The van der Waals surface area contributed by atoms with Crippen LogP contribution in [-0.2, 0) is 19.3 Å². The van der Waals surface area contributed by atoms with Crippen LogP contribution in [0.3, 0.4) is 0 Å².